The van der Waals surface area contributed by atoms with Crippen LogP contribution in [0.25, 0.3) is 0 Å². The molecule has 1 saturated heterocycles. The summed E-state index contributed by atoms with van der Waals surface area (Å²) in [5.41, 5.74) is 5.82. The van der Waals surface area contributed by atoms with E-state index in [9.17, 15) is 4.79 Å². The van der Waals surface area contributed by atoms with Gasteiger partial charge >= 0.3 is 0 Å². The fourth-order valence-electron chi connectivity index (χ4n) is 4.92. The van der Waals surface area contributed by atoms with Crippen molar-refractivity contribution in [3.05, 3.63) is 101 Å². The zero-order chi connectivity index (χ0) is 20.3. The van der Waals surface area contributed by atoms with E-state index in [0.717, 1.165) is 43.9 Å². The van der Waals surface area contributed by atoms with Crippen LogP contribution in [-0.2, 0) is 13.0 Å². The quantitative estimate of drug-likeness (QED) is 0.600. The Labute approximate surface area is 178 Å². The summed E-state index contributed by atoms with van der Waals surface area (Å²) in [6.07, 6.45) is 3.35. The Morgan fingerprint density at radius 1 is 0.833 bits per heavy atom. The van der Waals surface area contributed by atoms with Crippen LogP contribution in [0.15, 0.2) is 78.9 Å². The molecular weight excluding hydrogens is 368 g/mol. The summed E-state index contributed by atoms with van der Waals surface area (Å²) >= 11 is 0. The molecule has 0 spiro atoms. The van der Waals surface area contributed by atoms with Gasteiger partial charge in [-0.15, -0.1) is 0 Å². The zero-order valence-electron chi connectivity index (χ0n) is 17.3. The molecule has 0 aromatic heterocycles. The van der Waals surface area contributed by atoms with Gasteiger partial charge < -0.3 is 4.90 Å². The van der Waals surface area contributed by atoms with Crippen LogP contribution in [0.2, 0.25) is 0 Å². The first-order valence-electron chi connectivity index (χ1n) is 11.0. The van der Waals surface area contributed by atoms with E-state index in [1.165, 1.54) is 29.5 Å². The molecule has 0 unspecified atom stereocenters. The first-order chi connectivity index (χ1) is 14.8. The predicted octanol–water partition coefficient (Wildman–Crippen LogP) is 5.27. The highest BCUT2D eigenvalue weighted by Crippen LogP contribution is 2.30. The first-order valence-corrected chi connectivity index (χ1v) is 11.0. The summed E-state index contributed by atoms with van der Waals surface area (Å²) in [4.78, 5) is 17.6. The Morgan fingerprint density at radius 2 is 1.60 bits per heavy atom. The van der Waals surface area contributed by atoms with Gasteiger partial charge in [-0.25, -0.2) is 0 Å². The molecule has 0 radical (unpaired) electrons. The average molecular weight is 397 g/mol. The zero-order valence-corrected chi connectivity index (χ0v) is 17.3. The lowest BCUT2D eigenvalue weighted by atomic mass is 9.89. The maximum absolute atomic E-state index is 13.2. The number of anilines is 1. The number of piperidine rings is 1. The van der Waals surface area contributed by atoms with Gasteiger partial charge in [-0.1, -0.05) is 60.7 Å². The Hall–Kier alpha value is -2.91. The first kappa shape index (κ1) is 19.1. The standard InChI is InChI=1S/C27H28N2O/c30-27(29-18-15-24-10-4-5-12-26(24)29)25-11-6-7-21(19-25)20-28-16-13-23(14-17-28)22-8-2-1-3-9-22/h1-12,19,23H,13-18,20H2. The molecule has 3 heteroatoms. The number of likely N-dealkylation sites (tertiary alicyclic amines) is 1. The number of carbonyl (C=O) groups is 1. The number of rotatable bonds is 4. The van der Waals surface area contributed by atoms with E-state index in [1.54, 1.807) is 0 Å². The number of para-hydroxylation sites is 1. The van der Waals surface area contributed by atoms with Crippen LogP contribution in [-0.4, -0.2) is 30.4 Å². The van der Waals surface area contributed by atoms with Gasteiger partial charge in [0.15, 0.2) is 0 Å². The molecule has 3 nitrogen and oxygen atoms in total. The summed E-state index contributed by atoms with van der Waals surface area (Å²) in [5.74, 6) is 0.787. The van der Waals surface area contributed by atoms with Crippen LogP contribution in [0.3, 0.4) is 0 Å². The third kappa shape index (κ3) is 3.90. The lowest BCUT2D eigenvalue weighted by Gasteiger charge is -2.32. The monoisotopic (exact) mass is 396 g/mol. The number of carbonyl (C=O) groups excluding carboxylic acids is 1. The molecule has 0 aliphatic carbocycles. The summed E-state index contributed by atoms with van der Waals surface area (Å²) < 4.78 is 0. The fourth-order valence-corrected chi connectivity index (χ4v) is 4.92. The highest BCUT2D eigenvalue weighted by atomic mass is 16.2. The van der Waals surface area contributed by atoms with Crippen LogP contribution in [0.4, 0.5) is 5.69 Å². The number of fused-ring (bicyclic) bond motifs is 1. The van der Waals surface area contributed by atoms with E-state index in [1.807, 2.05) is 23.1 Å². The van der Waals surface area contributed by atoms with Gasteiger partial charge in [-0.2, -0.15) is 0 Å². The number of hydrogen-bond acceptors (Lipinski definition) is 2. The number of benzene rings is 3. The van der Waals surface area contributed by atoms with E-state index < -0.39 is 0 Å². The van der Waals surface area contributed by atoms with Gasteiger partial charge in [0, 0.05) is 24.3 Å². The van der Waals surface area contributed by atoms with Crippen molar-refractivity contribution >= 4 is 11.6 Å². The maximum Gasteiger partial charge on any atom is 0.258 e. The topological polar surface area (TPSA) is 23.6 Å². The van der Waals surface area contributed by atoms with Gasteiger partial charge in [0.1, 0.15) is 0 Å². The van der Waals surface area contributed by atoms with Crippen molar-refractivity contribution < 1.29 is 4.79 Å². The van der Waals surface area contributed by atoms with Crippen LogP contribution in [0, 0.1) is 0 Å². The Balaban J connectivity index is 1.23. The molecule has 152 valence electrons. The molecule has 2 aliphatic heterocycles. The molecule has 1 fully saturated rings. The smallest absolute Gasteiger partial charge is 0.258 e. The SMILES string of the molecule is O=C(c1cccc(CN2CCC(c3ccccc3)CC2)c1)N1CCc2ccccc21. The Morgan fingerprint density at radius 3 is 2.43 bits per heavy atom. The van der Waals surface area contributed by atoms with Gasteiger partial charge in [0.2, 0.25) is 0 Å². The molecule has 0 saturated carbocycles. The molecule has 0 bridgehead atoms. The molecule has 2 aliphatic rings. The molecule has 2 heterocycles. The van der Waals surface area contributed by atoms with Crippen molar-refractivity contribution in [1.82, 2.24) is 4.90 Å². The van der Waals surface area contributed by atoms with Crippen molar-refractivity contribution in [2.75, 3.05) is 24.5 Å². The minimum atomic E-state index is 0.115. The lowest BCUT2D eigenvalue weighted by Crippen LogP contribution is -2.32. The molecule has 1 amide bonds. The van der Waals surface area contributed by atoms with E-state index in [4.69, 9.17) is 0 Å². The lowest BCUT2D eigenvalue weighted by molar-refractivity contribution is 0.0989. The summed E-state index contributed by atoms with van der Waals surface area (Å²) in [6.45, 7) is 3.91. The molecule has 5 rings (SSSR count). The number of nitrogens with zero attached hydrogens (tertiary/aromatic N) is 2. The van der Waals surface area contributed by atoms with Crippen LogP contribution in [0.1, 0.15) is 45.8 Å². The van der Waals surface area contributed by atoms with Crippen LogP contribution < -0.4 is 4.90 Å². The number of hydrogen-bond donors (Lipinski definition) is 0. The Bertz CT molecular complexity index is 1020. The summed E-state index contributed by atoms with van der Waals surface area (Å²) in [7, 11) is 0. The van der Waals surface area contributed by atoms with E-state index in [2.05, 4.69) is 65.6 Å². The van der Waals surface area contributed by atoms with E-state index >= 15 is 0 Å². The third-order valence-corrected chi connectivity index (χ3v) is 6.57. The summed E-state index contributed by atoms with van der Waals surface area (Å²) in [5, 5.41) is 0. The van der Waals surface area contributed by atoms with Crippen molar-refractivity contribution in [3.8, 4) is 0 Å². The molecule has 3 aromatic rings. The minimum absolute atomic E-state index is 0.115. The van der Waals surface area contributed by atoms with Crippen molar-refractivity contribution in [2.24, 2.45) is 0 Å². The fraction of sp³-hybridized carbons (Fsp3) is 0.296. The van der Waals surface area contributed by atoms with Crippen molar-refractivity contribution in [1.29, 1.82) is 0 Å². The second kappa shape index (κ2) is 8.45. The number of amides is 1. The molecular formula is C27H28N2O. The second-order valence-electron chi connectivity index (χ2n) is 8.50. The highest BCUT2D eigenvalue weighted by Gasteiger charge is 2.25. The Kier molecular flexibility index (Phi) is 5.37. The normalized spacial score (nSPS) is 17.1. The van der Waals surface area contributed by atoms with Crippen molar-refractivity contribution in [2.45, 2.75) is 31.7 Å². The third-order valence-electron chi connectivity index (χ3n) is 6.57. The van der Waals surface area contributed by atoms with Gasteiger partial charge in [-0.05, 0) is 73.2 Å². The van der Waals surface area contributed by atoms with E-state index in [-0.39, 0.29) is 5.91 Å². The second-order valence-corrected chi connectivity index (χ2v) is 8.50. The van der Waals surface area contributed by atoms with Crippen LogP contribution in [0.5, 0.6) is 0 Å². The maximum atomic E-state index is 13.2. The van der Waals surface area contributed by atoms with Gasteiger partial charge in [-0.3, -0.25) is 9.69 Å². The molecule has 30 heavy (non-hydrogen) atoms. The minimum Gasteiger partial charge on any atom is -0.308 e. The average Bonchev–Trinajstić information content (AvgIpc) is 3.24. The molecule has 3 aromatic carbocycles. The van der Waals surface area contributed by atoms with Crippen LogP contribution >= 0.6 is 0 Å². The van der Waals surface area contributed by atoms with E-state index in [0.29, 0.717) is 5.92 Å². The molecule has 0 N–H and O–H groups in total. The predicted molar refractivity (Wildman–Crippen MR) is 122 cm³/mol. The summed E-state index contributed by atoms with van der Waals surface area (Å²) in [6, 6.07) is 27.4. The van der Waals surface area contributed by atoms with Gasteiger partial charge in [0.05, 0.1) is 0 Å². The largest absolute Gasteiger partial charge is 0.308 e. The highest BCUT2D eigenvalue weighted by molar-refractivity contribution is 6.07. The van der Waals surface area contributed by atoms with Crippen molar-refractivity contribution in [3.63, 3.8) is 0 Å². The molecule has 0 atom stereocenters. The van der Waals surface area contributed by atoms with Gasteiger partial charge in [0.25, 0.3) is 5.91 Å².